The van der Waals surface area contributed by atoms with E-state index in [0.717, 1.165) is 26.2 Å². The molecule has 0 aliphatic rings. The fraction of sp³-hybridized carbons (Fsp3) is 0.0455. The average molecular weight is 396 g/mol. The minimum absolute atomic E-state index is 0.738. The van der Waals surface area contributed by atoms with Gasteiger partial charge in [-0.1, -0.05) is 83.7 Å². The highest BCUT2D eigenvalue weighted by molar-refractivity contribution is 8.14. The highest BCUT2D eigenvalue weighted by atomic mass is 35.5. The molecule has 0 saturated heterocycles. The number of para-hydroxylation sites is 1. The average Bonchev–Trinajstić information content (AvgIpc) is 2.69. The molecule has 0 saturated carbocycles. The molecule has 0 aliphatic carbocycles. The number of aliphatic imine (C=N–C) groups is 1. The van der Waals surface area contributed by atoms with Crippen LogP contribution in [-0.4, -0.2) is 5.04 Å². The van der Waals surface area contributed by atoms with E-state index in [4.69, 9.17) is 16.6 Å². The Balaban J connectivity index is 1.89. The number of thioether (sulfide) groups is 2. The number of halogens is 1. The van der Waals surface area contributed by atoms with Gasteiger partial charge in [-0.2, -0.15) is 0 Å². The van der Waals surface area contributed by atoms with Gasteiger partial charge in [-0.15, -0.1) is 0 Å². The van der Waals surface area contributed by atoms with Gasteiger partial charge in [0.15, 0.2) is 0 Å². The van der Waals surface area contributed by atoms with E-state index in [1.165, 1.54) is 4.90 Å². The minimum Gasteiger partial charge on any atom is -0.241 e. The first-order valence-corrected chi connectivity index (χ1v) is 10.2. The van der Waals surface area contributed by atoms with Crippen LogP contribution in [0.2, 0.25) is 5.02 Å². The summed E-state index contributed by atoms with van der Waals surface area (Å²) in [5.41, 5.74) is 2.03. The fourth-order valence-electron chi connectivity index (χ4n) is 2.15. The van der Waals surface area contributed by atoms with Crippen molar-refractivity contribution >= 4 is 45.9 Å². The molecule has 0 unspecified atom stereocenters. The molecule has 0 fully saturated rings. The molecule has 0 atom stereocenters. The van der Waals surface area contributed by atoms with Gasteiger partial charge in [0.1, 0.15) is 5.04 Å². The van der Waals surface area contributed by atoms with Crippen LogP contribution in [0.3, 0.4) is 0 Å². The lowest BCUT2D eigenvalue weighted by Gasteiger charge is -2.09. The predicted octanol–water partition coefficient (Wildman–Crippen LogP) is 7.86. The number of hydrogen-bond acceptors (Lipinski definition) is 3. The van der Waals surface area contributed by atoms with Crippen LogP contribution < -0.4 is 0 Å². The van der Waals surface area contributed by atoms with E-state index >= 15 is 0 Å². The zero-order valence-electron chi connectivity index (χ0n) is 14.3. The Hall–Kier alpha value is -1.94. The summed E-state index contributed by atoms with van der Waals surface area (Å²) >= 11 is 9.63. The normalized spacial score (nSPS) is 12.2. The first-order chi connectivity index (χ1) is 12.7. The van der Waals surface area contributed by atoms with E-state index < -0.39 is 0 Å². The second-order valence-electron chi connectivity index (χ2n) is 5.52. The molecule has 0 heterocycles. The number of nitrogens with zero attached hydrogens (tertiary/aromatic N) is 1. The fourth-order valence-corrected chi connectivity index (χ4v) is 4.11. The van der Waals surface area contributed by atoms with E-state index in [1.807, 2.05) is 72.8 Å². The van der Waals surface area contributed by atoms with Gasteiger partial charge in [0.25, 0.3) is 0 Å². The number of rotatable bonds is 5. The van der Waals surface area contributed by atoms with Crippen molar-refractivity contribution in [3.8, 4) is 0 Å². The molecule has 130 valence electrons. The van der Waals surface area contributed by atoms with Gasteiger partial charge in [0, 0.05) is 9.79 Å². The molecule has 0 amide bonds. The third-order valence-corrected chi connectivity index (χ3v) is 6.12. The van der Waals surface area contributed by atoms with Crippen molar-refractivity contribution in [1.82, 2.24) is 0 Å². The van der Waals surface area contributed by atoms with Crippen LogP contribution in [0.1, 0.15) is 6.92 Å². The molecule has 0 bridgehead atoms. The van der Waals surface area contributed by atoms with Crippen molar-refractivity contribution < 1.29 is 0 Å². The zero-order valence-corrected chi connectivity index (χ0v) is 16.7. The maximum absolute atomic E-state index is 6.35. The van der Waals surface area contributed by atoms with Gasteiger partial charge < -0.3 is 0 Å². The van der Waals surface area contributed by atoms with E-state index in [0.29, 0.717) is 0 Å². The van der Waals surface area contributed by atoms with Gasteiger partial charge in [-0.25, -0.2) is 4.99 Å². The number of benzene rings is 3. The van der Waals surface area contributed by atoms with Gasteiger partial charge in [-0.05, 0) is 54.3 Å². The van der Waals surface area contributed by atoms with Crippen LogP contribution in [0.4, 0.5) is 5.69 Å². The molecule has 4 heteroatoms. The highest BCUT2D eigenvalue weighted by Crippen LogP contribution is 2.32. The summed E-state index contributed by atoms with van der Waals surface area (Å²) in [5, 5.41) is 3.82. The molecule has 0 aliphatic heterocycles. The minimum atomic E-state index is 0.738. The van der Waals surface area contributed by atoms with E-state index in [9.17, 15) is 0 Å². The Labute approximate surface area is 168 Å². The van der Waals surface area contributed by atoms with Crippen LogP contribution in [0.25, 0.3) is 0 Å². The van der Waals surface area contributed by atoms with Crippen molar-refractivity contribution in [1.29, 1.82) is 0 Å². The Morgan fingerprint density at radius 3 is 2.15 bits per heavy atom. The molecule has 3 aromatic rings. The summed E-state index contributed by atoms with van der Waals surface area (Å²) in [6, 6.07) is 28.2. The van der Waals surface area contributed by atoms with Crippen molar-refractivity contribution in [2.45, 2.75) is 16.7 Å². The Morgan fingerprint density at radius 2 is 1.46 bits per heavy atom. The summed E-state index contributed by atoms with van der Waals surface area (Å²) in [6.07, 6.45) is 0. The molecular weight excluding hydrogens is 378 g/mol. The summed E-state index contributed by atoms with van der Waals surface area (Å²) in [6.45, 7) is 2.08. The summed E-state index contributed by atoms with van der Waals surface area (Å²) < 4.78 is 0. The largest absolute Gasteiger partial charge is 0.241 e. The second kappa shape index (κ2) is 9.67. The predicted molar refractivity (Wildman–Crippen MR) is 117 cm³/mol. The first-order valence-electron chi connectivity index (χ1n) is 8.17. The lowest BCUT2D eigenvalue weighted by molar-refractivity contribution is 1.46. The molecule has 0 radical (unpaired) electrons. The Bertz CT molecular complexity index is 906. The topological polar surface area (TPSA) is 12.4 Å². The molecule has 0 spiro atoms. The molecular formula is C22H18ClNS2. The molecule has 1 nitrogen and oxygen atoms in total. The van der Waals surface area contributed by atoms with Crippen LogP contribution in [0.5, 0.6) is 0 Å². The quantitative estimate of drug-likeness (QED) is 0.247. The van der Waals surface area contributed by atoms with Crippen LogP contribution >= 0.6 is 35.1 Å². The van der Waals surface area contributed by atoms with Crippen molar-refractivity contribution in [2.24, 2.45) is 4.99 Å². The molecule has 0 aromatic heterocycles. The third-order valence-electron chi connectivity index (χ3n) is 3.48. The summed E-state index contributed by atoms with van der Waals surface area (Å²) in [7, 11) is 0. The monoisotopic (exact) mass is 395 g/mol. The molecule has 0 N–H and O–H groups in total. The molecule has 26 heavy (non-hydrogen) atoms. The number of hydrogen-bond donors (Lipinski definition) is 0. The van der Waals surface area contributed by atoms with E-state index in [2.05, 4.69) is 24.5 Å². The van der Waals surface area contributed by atoms with Crippen LogP contribution in [-0.2, 0) is 0 Å². The first kappa shape index (κ1) is 18.8. The van der Waals surface area contributed by atoms with Crippen LogP contribution in [0.15, 0.2) is 111 Å². The Kier molecular flexibility index (Phi) is 7.01. The summed E-state index contributed by atoms with van der Waals surface area (Å²) in [4.78, 5) is 7.05. The van der Waals surface area contributed by atoms with E-state index in [1.54, 1.807) is 23.5 Å². The maximum atomic E-state index is 6.35. The van der Waals surface area contributed by atoms with Gasteiger partial charge >= 0.3 is 0 Å². The lowest BCUT2D eigenvalue weighted by Crippen LogP contribution is -1.94. The lowest BCUT2D eigenvalue weighted by atomic mass is 10.3. The van der Waals surface area contributed by atoms with Crippen molar-refractivity contribution in [3.63, 3.8) is 0 Å². The molecule has 3 rings (SSSR count). The Morgan fingerprint density at radius 1 is 0.846 bits per heavy atom. The van der Waals surface area contributed by atoms with Crippen molar-refractivity contribution in [2.75, 3.05) is 0 Å². The zero-order chi connectivity index (χ0) is 18.2. The standard InChI is InChI=1S/C22H18ClNS2/c1-17(16-25-19-12-6-3-7-13-19)22(24-18-10-4-2-5-11-18)26-21-15-9-8-14-20(21)23/h2-16H,1H3. The summed E-state index contributed by atoms with van der Waals surface area (Å²) in [5.74, 6) is 0. The van der Waals surface area contributed by atoms with Crippen LogP contribution in [0, 0.1) is 0 Å². The second-order valence-corrected chi connectivity index (χ2v) is 7.90. The maximum Gasteiger partial charge on any atom is 0.105 e. The van der Waals surface area contributed by atoms with E-state index in [-0.39, 0.29) is 0 Å². The molecule has 3 aromatic carbocycles. The highest BCUT2D eigenvalue weighted by Gasteiger charge is 2.09. The van der Waals surface area contributed by atoms with Gasteiger partial charge in [-0.3, -0.25) is 0 Å². The smallest absolute Gasteiger partial charge is 0.105 e. The van der Waals surface area contributed by atoms with Gasteiger partial charge in [0.05, 0.1) is 10.7 Å². The SMILES string of the molecule is CC(=CSc1ccccc1)C(=Nc1ccccc1)Sc1ccccc1Cl. The van der Waals surface area contributed by atoms with Gasteiger partial charge in [0.2, 0.25) is 0 Å². The third kappa shape index (κ3) is 5.53. The van der Waals surface area contributed by atoms with Crippen molar-refractivity contribution in [3.05, 3.63) is 101 Å².